The second-order valence-electron chi connectivity index (χ2n) is 2.35. The summed E-state index contributed by atoms with van der Waals surface area (Å²) in [5, 5.41) is 0. The molecule has 0 aliphatic heterocycles. The molecule has 0 aliphatic rings. The summed E-state index contributed by atoms with van der Waals surface area (Å²) in [5.74, 6) is 5.55. The lowest BCUT2D eigenvalue weighted by Gasteiger charge is -2.02. The lowest BCUT2D eigenvalue weighted by atomic mass is 10.2. The van der Waals surface area contributed by atoms with Gasteiger partial charge in [-0.25, -0.2) is 0 Å². The predicted octanol–water partition coefficient (Wildman–Crippen LogP) is 0.828. The summed E-state index contributed by atoms with van der Waals surface area (Å²) in [5.41, 5.74) is 6.76. The summed E-state index contributed by atoms with van der Waals surface area (Å²) in [4.78, 5) is 10.0. The van der Waals surface area contributed by atoms with Gasteiger partial charge >= 0.3 is 0 Å². The van der Waals surface area contributed by atoms with Gasteiger partial charge in [-0.1, -0.05) is 5.92 Å². The van der Waals surface area contributed by atoms with Crippen LogP contribution in [0.1, 0.15) is 5.56 Å². The molecule has 2 N–H and O–H groups in total. The summed E-state index contributed by atoms with van der Waals surface area (Å²) in [6.45, 7) is 0. The first-order valence-corrected chi connectivity index (χ1v) is 3.66. The van der Waals surface area contributed by atoms with E-state index in [2.05, 4.69) is 11.8 Å². The SMILES string of the molecule is COc1ccc(N)cc1C#CC=O. The topological polar surface area (TPSA) is 52.3 Å². The van der Waals surface area contributed by atoms with Crippen molar-refractivity contribution in [1.82, 2.24) is 0 Å². The lowest BCUT2D eigenvalue weighted by Crippen LogP contribution is -1.91. The number of carbonyl (C=O) groups is 1. The van der Waals surface area contributed by atoms with Crippen molar-refractivity contribution in [2.75, 3.05) is 12.8 Å². The summed E-state index contributed by atoms with van der Waals surface area (Å²) in [6, 6.07) is 5.09. The minimum atomic E-state index is 0.530. The second kappa shape index (κ2) is 4.17. The Morgan fingerprint density at radius 1 is 1.54 bits per heavy atom. The van der Waals surface area contributed by atoms with E-state index >= 15 is 0 Å². The van der Waals surface area contributed by atoms with Gasteiger partial charge in [0, 0.05) is 5.69 Å². The zero-order valence-electron chi connectivity index (χ0n) is 7.20. The largest absolute Gasteiger partial charge is 0.495 e. The van der Waals surface area contributed by atoms with Crippen LogP contribution in [-0.2, 0) is 4.79 Å². The van der Waals surface area contributed by atoms with Crippen LogP contribution in [0.3, 0.4) is 0 Å². The van der Waals surface area contributed by atoms with E-state index in [1.54, 1.807) is 18.2 Å². The first-order valence-electron chi connectivity index (χ1n) is 3.66. The van der Waals surface area contributed by atoms with E-state index in [4.69, 9.17) is 10.5 Å². The Morgan fingerprint density at radius 2 is 2.31 bits per heavy atom. The number of hydrogen-bond acceptors (Lipinski definition) is 3. The van der Waals surface area contributed by atoms with Gasteiger partial charge < -0.3 is 10.5 Å². The fourth-order valence-corrected chi connectivity index (χ4v) is 0.930. The highest BCUT2D eigenvalue weighted by molar-refractivity contribution is 5.74. The molecule has 1 rings (SSSR count). The van der Waals surface area contributed by atoms with Gasteiger partial charge in [-0.05, 0) is 24.1 Å². The van der Waals surface area contributed by atoms with Crippen LogP contribution >= 0.6 is 0 Å². The van der Waals surface area contributed by atoms with Crippen molar-refractivity contribution in [2.45, 2.75) is 0 Å². The number of rotatable bonds is 1. The number of carbonyl (C=O) groups excluding carboxylic acids is 1. The molecule has 0 atom stereocenters. The van der Waals surface area contributed by atoms with Gasteiger partial charge in [0.25, 0.3) is 0 Å². The average Bonchev–Trinajstić information content (AvgIpc) is 2.15. The molecule has 0 unspecified atom stereocenters. The first-order chi connectivity index (χ1) is 6.27. The van der Waals surface area contributed by atoms with Gasteiger partial charge in [-0.15, -0.1) is 0 Å². The maximum Gasteiger partial charge on any atom is 0.193 e. The van der Waals surface area contributed by atoms with E-state index in [0.717, 1.165) is 0 Å². The molecule has 0 spiro atoms. The molecule has 0 heterocycles. The van der Waals surface area contributed by atoms with Crippen molar-refractivity contribution >= 4 is 12.0 Å². The maximum absolute atomic E-state index is 10.0. The second-order valence-corrected chi connectivity index (χ2v) is 2.35. The number of methoxy groups -OCH3 is 1. The van der Waals surface area contributed by atoms with E-state index in [0.29, 0.717) is 23.3 Å². The van der Waals surface area contributed by atoms with Crippen LogP contribution < -0.4 is 10.5 Å². The summed E-state index contributed by atoms with van der Waals surface area (Å²) in [6.07, 6.45) is 0.530. The van der Waals surface area contributed by atoms with E-state index in [1.807, 2.05) is 0 Å². The highest BCUT2D eigenvalue weighted by Crippen LogP contribution is 2.19. The Kier molecular flexibility index (Phi) is 2.93. The Labute approximate surface area is 76.5 Å². The molecule has 0 aromatic heterocycles. The van der Waals surface area contributed by atoms with Crippen LogP contribution in [0, 0.1) is 11.8 Å². The summed E-state index contributed by atoms with van der Waals surface area (Å²) >= 11 is 0. The van der Waals surface area contributed by atoms with E-state index in [-0.39, 0.29) is 0 Å². The van der Waals surface area contributed by atoms with Crippen LogP contribution in [0.5, 0.6) is 5.75 Å². The smallest absolute Gasteiger partial charge is 0.193 e. The van der Waals surface area contributed by atoms with Crippen molar-refractivity contribution < 1.29 is 9.53 Å². The molecule has 0 saturated heterocycles. The van der Waals surface area contributed by atoms with Crippen LogP contribution in [-0.4, -0.2) is 13.4 Å². The van der Waals surface area contributed by atoms with E-state index in [1.165, 1.54) is 7.11 Å². The zero-order valence-corrected chi connectivity index (χ0v) is 7.20. The number of benzene rings is 1. The number of ether oxygens (including phenoxy) is 1. The molecule has 1 aromatic rings. The molecule has 0 saturated carbocycles. The van der Waals surface area contributed by atoms with E-state index < -0.39 is 0 Å². The molecule has 0 amide bonds. The molecule has 66 valence electrons. The summed E-state index contributed by atoms with van der Waals surface area (Å²) < 4.78 is 5.02. The molecule has 0 bridgehead atoms. The highest BCUT2D eigenvalue weighted by atomic mass is 16.5. The predicted molar refractivity (Wildman–Crippen MR) is 50.3 cm³/mol. The van der Waals surface area contributed by atoms with Crippen LogP contribution in [0.2, 0.25) is 0 Å². The highest BCUT2D eigenvalue weighted by Gasteiger charge is 1.98. The van der Waals surface area contributed by atoms with Gasteiger partial charge in [0.15, 0.2) is 6.29 Å². The number of aldehydes is 1. The third-order valence-corrected chi connectivity index (χ3v) is 1.49. The Hall–Kier alpha value is -1.95. The average molecular weight is 175 g/mol. The molecule has 0 aliphatic carbocycles. The maximum atomic E-state index is 10.0. The standard InChI is InChI=1S/C10H9NO2/c1-13-10-5-4-9(11)7-8(10)3-2-6-12/h4-7H,11H2,1H3. The number of hydrogen-bond donors (Lipinski definition) is 1. The summed E-state index contributed by atoms with van der Waals surface area (Å²) in [7, 11) is 1.54. The lowest BCUT2D eigenvalue weighted by molar-refractivity contribution is -0.103. The van der Waals surface area contributed by atoms with Gasteiger partial charge in [-0.3, -0.25) is 4.79 Å². The van der Waals surface area contributed by atoms with Gasteiger partial charge in [0.05, 0.1) is 12.7 Å². The quantitative estimate of drug-likeness (QED) is 0.390. The molecule has 3 nitrogen and oxygen atoms in total. The van der Waals surface area contributed by atoms with E-state index in [9.17, 15) is 4.79 Å². The number of nitrogen functional groups attached to an aromatic ring is 1. The van der Waals surface area contributed by atoms with Crippen molar-refractivity contribution in [3.8, 4) is 17.6 Å². The van der Waals surface area contributed by atoms with Gasteiger partial charge in [0.2, 0.25) is 0 Å². The third-order valence-electron chi connectivity index (χ3n) is 1.49. The van der Waals surface area contributed by atoms with Gasteiger partial charge in [0.1, 0.15) is 5.75 Å². The van der Waals surface area contributed by atoms with Crippen molar-refractivity contribution in [1.29, 1.82) is 0 Å². The van der Waals surface area contributed by atoms with Crippen molar-refractivity contribution in [3.63, 3.8) is 0 Å². The Bertz CT molecular complexity index is 374. The fraction of sp³-hybridized carbons (Fsp3) is 0.100. The zero-order chi connectivity index (χ0) is 9.68. The molecular formula is C10H9NO2. The molecule has 0 radical (unpaired) electrons. The van der Waals surface area contributed by atoms with Crippen molar-refractivity contribution in [3.05, 3.63) is 23.8 Å². The molecule has 1 aromatic carbocycles. The molecule has 3 heteroatoms. The van der Waals surface area contributed by atoms with Crippen molar-refractivity contribution in [2.24, 2.45) is 0 Å². The first kappa shape index (κ1) is 9.14. The Morgan fingerprint density at radius 3 is 2.92 bits per heavy atom. The van der Waals surface area contributed by atoms with Crippen LogP contribution in [0.25, 0.3) is 0 Å². The number of nitrogens with two attached hydrogens (primary N) is 1. The minimum absolute atomic E-state index is 0.530. The third kappa shape index (κ3) is 2.24. The molecule has 13 heavy (non-hydrogen) atoms. The van der Waals surface area contributed by atoms with Gasteiger partial charge in [-0.2, -0.15) is 0 Å². The fourth-order valence-electron chi connectivity index (χ4n) is 0.930. The monoisotopic (exact) mass is 175 g/mol. The Balaban J connectivity index is 3.15. The minimum Gasteiger partial charge on any atom is -0.495 e. The van der Waals surface area contributed by atoms with Crippen LogP contribution in [0.4, 0.5) is 5.69 Å². The molecule has 0 fully saturated rings. The molecular weight excluding hydrogens is 166 g/mol. The number of anilines is 1. The van der Waals surface area contributed by atoms with Crippen LogP contribution in [0.15, 0.2) is 18.2 Å². The normalized spacial score (nSPS) is 8.38.